The number of aliphatic hydroxyl groups excluding tert-OH is 1. The fraction of sp³-hybridized carbons (Fsp3) is 0.350. The van der Waals surface area contributed by atoms with Crippen molar-refractivity contribution in [3.63, 3.8) is 0 Å². The summed E-state index contributed by atoms with van der Waals surface area (Å²) in [7, 11) is 0. The van der Waals surface area contributed by atoms with E-state index in [2.05, 4.69) is 40.0 Å². The largest absolute Gasteiger partial charge is 0.490 e. The van der Waals surface area contributed by atoms with Crippen LogP contribution < -0.4 is 15.0 Å². The lowest BCUT2D eigenvalue weighted by molar-refractivity contribution is 0.145. The summed E-state index contributed by atoms with van der Waals surface area (Å²) in [6, 6.07) is 12.0. The first-order valence-electron chi connectivity index (χ1n) is 8.71. The quantitative estimate of drug-likeness (QED) is 0.759. The molecule has 0 aliphatic carbocycles. The van der Waals surface area contributed by atoms with Crippen LogP contribution in [0.4, 0.5) is 11.5 Å². The van der Waals surface area contributed by atoms with Gasteiger partial charge in [-0.2, -0.15) is 0 Å². The normalized spacial score (nSPS) is 15.0. The Kier molecular flexibility index (Phi) is 5.90. The second-order valence-electron chi connectivity index (χ2n) is 6.19. The van der Waals surface area contributed by atoms with Gasteiger partial charge in [0.1, 0.15) is 12.4 Å². The van der Waals surface area contributed by atoms with Gasteiger partial charge < -0.3 is 20.1 Å². The van der Waals surface area contributed by atoms with E-state index in [1.807, 2.05) is 24.4 Å². The number of piperidine rings is 1. The first-order valence-corrected chi connectivity index (χ1v) is 8.71. The van der Waals surface area contributed by atoms with Crippen LogP contribution in [-0.4, -0.2) is 35.9 Å². The Balaban J connectivity index is 1.62. The minimum atomic E-state index is -0.182. The summed E-state index contributed by atoms with van der Waals surface area (Å²) in [5, 5.41) is 13.2. The van der Waals surface area contributed by atoms with Gasteiger partial charge in [0.05, 0.1) is 11.8 Å². The molecule has 1 saturated heterocycles. The van der Waals surface area contributed by atoms with E-state index in [0.717, 1.165) is 49.7 Å². The third-order valence-corrected chi connectivity index (χ3v) is 4.32. The van der Waals surface area contributed by atoms with Crippen LogP contribution in [0.1, 0.15) is 18.4 Å². The predicted molar refractivity (Wildman–Crippen MR) is 101 cm³/mol. The number of anilines is 2. The van der Waals surface area contributed by atoms with Crippen LogP contribution in [0.25, 0.3) is 0 Å². The van der Waals surface area contributed by atoms with Crippen molar-refractivity contribution in [2.45, 2.75) is 25.5 Å². The van der Waals surface area contributed by atoms with E-state index in [4.69, 9.17) is 4.74 Å². The number of aliphatic hydroxyl groups is 1. The molecule has 132 valence electrons. The minimum Gasteiger partial charge on any atom is -0.490 e. The van der Waals surface area contributed by atoms with Gasteiger partial charge in [-0.25, -0.2) is 4.98 Å². The van der Waals surface area contributed by atoms with Crippen LogP contribution in [-0.2, 0) is 6.54 Å². The molecule has 5 nitrogen and oxygen atoms in total. The Hall–Kier alpha value is -2.53. The maximum atomic E-state index is 9.69. The molecule has 25 heavy (non-hydrogen) atoms. The molecule has 2 N–H and O–H groups in total. The zero-order chi connectivity index (χ0) is 17.5. The average Bonchev–Trinajstić information content (AvgIpc) is 2.66. The Morgan fingerprint density at radius 2 is 2.00 bits per heavy atom. The summed E-state index contributed by atoms with van der Waals surface area (Å²) >= 11 is 0. The summed E-state index contributed by atoms with van der Waals surface area (Å²) in [6.45, 7) is 6.55. The van der Waals surface area contributed by atoms with Gasteiger partial charge in [0.15, 0.2) is 5.82 Å². The van der Waals surface area contributed by atoms with Crippen LogP contribution in [0.5, 0.6) is 5.75 Å². The first kappa shape index (κ1) is 17.3. The summed E-state index contributed by atoms with van der Waals surface area (Å²) in [6.07, 6.45) is 4.96. The Morgan fingerprint density at radius 1 is 1.24 bits per heavy atom. The van der Waals surface area contributed by atoms with Gasteiger partial charge in [-0.05, 0) is 42.7 Å². The van der Waals surface area contributed by atoms with Gasteiger partial charge >= 0.3 is 0 Å². The van der Waals surface area contributed by atoms with Crippen LogP contribution >= 0.6 is 0 Å². The number of pyridine rings is 1. The molecule has 2 heterocycles. The second-order valence-corrected chi connectivity index (χ2v) is 6.19. The van der Waals surface area contributed by atoms with E-state index in [1.165, 1.54) is 5.56 Å². The predicted octanol–water partition coefficient (Wildman–Crippen LogP) is 3.22. The van der Waals surface area contributed by atoms with Crippen molar-refractivity contribution in [2.24, 2.45) is 0 Å². The third kappa shape index (κ3) is 4.73. The fourth-order valence-corrected chi connectivity index (χ4v) is 2.92. The lowest BCUT2D eigenvalue weighted by Gasteiger charge is -2.31. The van der Waals surface area contributed by atoms with Gasteiger partial charge in [0, 0.05) is 25.8 Å². The number of aromatic nitrogens is 1. The molecule has 2 aromatic rings. The highest BCUT2D eigenvalue weighted by Gasteiger charge is 2.20. The van der Waals surface area contributed by atoms with Crippen molar-refractivity contribution in [1.29, 1.82) is 0 Å². The first-order chi connectivity index (χ1) is 12.3. The molecule has 5 heteroatoms. The number of nitrogens with zero attached hydrogens (tertiary/aromatic N) is 2. The standard InChI is InChI=1S/C20H25N3O2/c1-2-14-25-18-7-5-16(6-8-18)15-22-19-4-3-11-21-20(19)23-12-9-17(24)10-13-23/h2-8,11,17,22,24H,1,9-10,12-15H2. The van der Waals surface area contributed by atoms with E-state index in [9.17, 15) is 5.11 Å². The maximum Gasteiger partial charge on any atom is 0.151 e. The molecule has 0 amide bonds. The molecule has 0 unspecified atom stereocenters. The van der Waals surface area contributed by atoms with E-state index in [0.29, 0.717) is 6.61 Å². The van der Waals surface area contributed by atoms with Gasteiger partial charge in [-0.15, -0.1) is 0 Å². The number of hydrogen-bond acceptors (Lipinski definition) is 5. The molecule has 1 aromatic carbocycles. The van der Waals surface area contributed by atoms with Crippen molar-refractivity contribution >= 4 is 11.5 Å². The molecule has 1 aromatic heterocycles. The lowest BCUT2D eigenvalue weighted by atomic mass is 10.1. The summed E-state index contributed by atoms with van der Waals surface area (Å²) in [4.78, 5) is 6.78. The number of rotatable bonds is 7. The second kappa shape index (κ2) is 8.53. The number of ether oxygens (including phenoxy) is 1. The van der Waals surface area contributed by atoms with Crippen molar-refractivity contribution < 1.29 is 9.84 Å². The van der Waals surface area contributed by atoms with E-state index >= 15 is 0 Å². The molecule has 0 atom stereocenters. The molecular weight excluding hydrogens is 314 g/mol. The van der Waals surface area contributed by atoms with Crippen LogP contribution in [0.15, 0.2) is 55.3 Å². The van der Waals surface area contributed by atoms with Crippen LogP contribution in [0.3, 0.4) is 0 Å². The molecule has 1 fully saturated rings. The van der Waals surface area contributed by atoms with Crippen LogP contribution in [0, 0.1) is 0 Å². The monoisotopic (exact) mass is 339 g/mol. The molecule has 1 aliphatic rings. The van der Waals surface area contributed by atoms with Gasteiger partial charge in [0.25, 0.3) is 0 Å². The summed E-state index contributed by atoms with van der Waals surface area (Å²) in [5.41, 5.74) is 2.20. The molecule has 3 rings (SSSR count). The zero-order valence-electron chi connectivity index (χ0n) is 14.4. The smallest absolute Gasteiger partial charge is 0.151 e. The lowest BCUT2D eigenvalue weighted by Crippen LogP contribution is -2.36. The van der Waals surface area contributed by atoms with E-state index in [1.54, 1.807) is 6.08 Å². The third-order valence-electron chi connectivity index (χ3n) is 4.32. The molecule has 0 saturated carbocycles. The Morgan fingerprint density at radius 3 is 2.72 bits per heavy atom. The fourth-order valence-electron chi connectivity index (χ4n) is 2.92. The topological polar surface area (TPSA) is 57.6 Å². The highest BCUT2D eigenvalue weighted by molar-refractivity contribution is 5.65. The number of benzene rings is 1. The summed E-state index contributed by atoms with van der Waals surface area (Å²) in [5.74, 6) is 1.80. The van der Waals surface area contributed by atoms with Gasteiger partial charge in [0.2, 0.25) is 0 Å². The summed E-state index contributed by atoms with van der Waals surface area (Å²) < 4.78 is 5.50. The molecule has 0 radical (unpaired) electrons. The van der Waals surface area contributed by atoms with Gasteiger partial charge in [-0.3, -0.25) is 0 Å². The molecule has 1 aliphatic heterocycles. The minimum absolute atomic E-state index is 0.182. The van der Waals surface area contributed by atoms with Crippen molar-refractivity contribution in [2.75, 3.05) is 29.9 Å². The SMILES string of the molecule is C=CCOc1ccc(CNc2cccnc2N2CCC(O)CC2)cc1. The molecule has 0 spiro atoms. The highest BCUT2D eigenvalue weighted by atomic mass is 16.5. The number of hydrogen-bond donors (Lipinski definition) is 2. The van der Waals surface area contributed by atoms with Crippen molar-refractivity contribution in [3.8, 4) is 5.75 Å². The van der Waals surface area contributed by atoms with E-state index < -0.39 is 0 Å². The average molecular weight is 339 g/mol. The van der Waals surface area contributed by atoms with Crippen molar-refractivity contribution in [1.82, 2.24) is 4.98 Å². The van der Waals surface area contributed by atoms with Crippen LogP contribution in [0.2, 0.25) is 0 Å². The Labute approximate surface area is 149 Å². The van der Waals surface area contributed by atoms with E-state index in [-0.39, 0.29) is 6.10 Å². The van der Waals surface area contributed by atoms with Crippen molar-refractivity contribution in [3.05, 3.63) is 60.8 Å². The highest BCUT2D eigenvalue weighted by Crippen LogP contribution is 2.26. The Bertz CT molecular complexity index is 680. The molecule has 0 bridgehead atoms. The van der Waals surface area contributed by atoms with Gasteiger partial charge in [-0.1, -0.05) is 24.8 Å². The zero-order valence-corrected chi connectivity index (χ0v) is 14.4. The molecular formula is C20H25N3O2. The number of nitrogens with one attached hydrogen (secondary N) is 1. The maximum absolute atomic E-state index is 9.69.